The molecule has 0 atom stereocenters. The minimum absolute atomic E-state index is 0.0415. The quantitative estimate of drug-likeness (QED) is 0.402. The summed E-state index contributed by atoms with van der Waals surface area (Å²) >= 11 is 0. The predicted molar refractivity (Wildman–Crippen MR) is 55.1 cm³/mol. The second kappa shape index (κ2) is 3.95. The Bertz CT molecular complexity index is 310. The fourth-order valence-electron chi connectivity index (χ4n) is 1.51. The lowest BCUT2D eigenvalue weighted by Gasteiger charge is -2.16. The van der Waals surface area contributed by atoms with Crippen molar-refractivity contribution in [2.45, 2.75) is 5.41 Å². The van der Waals surface area contributed by atoms with Crippen LogP contribution in [-0.2, 0) is 14.9 Å². The fraction of sp³-hybridized carbons (Fsp3) is 0.333. The monoisotopic (exact) mass is 190 g/mol. The molecule has 2 heteroatoms. The van der Waals surface area contributed by atoms with E-state index < -0.39 is 0 Å². The maximum atomic E-state index is 5.38. The van der Waals surface area contributed by atoms with Crippen LogP contribution in [-0.4, -0.2) is 20.5 Å². The van der Waals surface area contributed by atoms with Crippen LogP contribution in [0.25, 0.3) is 0 Å². The van der Waals surface area contributed by atoms with E-state index in [0.717, 1.165) is 0 Å². The van der Waals surface area contributed by atoms with Gasteiger partial charge < -0.3 is 9.47 Å². The molecule has 0 aliphatic heterocycles. The van der Waals surface area contributed by atoms with Gasteiger partial charge in [0.05, 0.1) is 12.0 Å². The lowest BCUT2D eigenvalue weighted by atomic mass is 9.95. The fourth-order valence-corrected chi connectivity index (χ4v) is 1.51. The third-order valence-electron chi connectivity index (χ3n) is 2.42. The molecular formula is C12H14O2. The van der Waals surface area contributed by atoms with Gasteiger partial charge in [-0.25, -0.2) is 0 Å². The van der Waals surface area contributed by atoms with E-state index >= 15 is 0 Å². The number of ether oxygens (including phenoxy) is 2. The summed E-state index contributed by atoms with van der Waals surface area (Å²) in [6, 6.07) is 10.4. The molecule has 0 unspecified atom stereocenters. The molecule has 2 nitrogen and oxygen atoms in total. The average molecular weight is 190 g/mol. The van der Waals surface area contributed by atoms with Gasteiger partial charge in [-0.2, -0.15) is 0 Å². The Labute approximate surface area is 84.2 Å². The van der Waals surface area contributed by atoms with Gasteiger partial charge in [-0.1, -0.05) is 42.5 Å². The molecule has 1 aromatic carbocycles. The molecule has 0 saturated carbocycles. The van der Waals surface area contributed by atoms with Crippen LogP contribution in [0.15, 0.2) is 42.5 Å². The van der Waals surface area contributed by atoms with Gasteiger partial charge in [0.1, 0.15) is 6.79 Å². The van der Waals surface area contributed by atoms with E-state index in [0.29, 0.717) is 13.4 Å². The zero-order valence-corrected chi connectivity index (χ0v) is 8.27. The number of hydrogen-bond donors (Lipinski definition) is 0. The Morgan fingerprint density at radius 1 is 1.14 bits per heavy atom. The van der Waals surface area contributed by atoms with Crippen LogP contribution in [0.5, 0.6) is 0 Å². The Balaban J connectivity index is 1.96. The third-order valence-corrected chi connectivity index (χ3v) is 2.42. The zero-order valence-electron chi connectivity index (χ0n) is 8.27. The van der Waals surface area contributed by atoms with Gasteiger partial charge in [0.25, 0.3) is 0 Å². The highest BCUT2D eigenvalue weighted by Gasteiger charge is 2.35. The topological polar surface area (TPSA) is 18.5 Å². The molecule has 0 bridgehead atoms. The maximum absolute atomic E-state index is 5.38. The SMILES string of the molecule is COCOCC1(c2ccccc2)C=C1. The highest BCUT2D eigenvalue weighted by molar-refractivity contribution is 5.47. The van der Waals surface area contributed by atoms with Crippen LogP contribution < -0.4 is 0 Å². The molecule has 0 aromatic heterocycles. The Morgan fingerprint density at radius 2 is 1.86 bits per heavy atom. The van der Waals surface area contributed by atoms with E-state index in [4.69, 9.17) is 9.47 Å². The molecule has 1 aromatic rings. The summed E-state index contributed by atoms with van der Waals surface area (Å²) in [6.45, 7) is 1.03. The average Bonchev–Trinajstić information content (AvgIpc) is 3.01. The van der Waals surface area contributed by atoms with E-state index in [1.165, 1.54) is 5.56 Å². The third kappa shape index (κ3) is 1.86. The molecule has 1 aliphatic carbocycles. The van der Waals surface area contributed by atoms with Gasteiger partial charge in [0, 0.05) is 7.11 Å². The standard InChI is InChI=1S/C12H14O2/c1-13-10-14-9-12(7-8-12)11-5-3-2-4-6-11/h2-8H,9-10H2,1H3. The molecule has 74 valence electrons. The Kier molecular flexibility index (Phi) is 2.66. The Hall–Kier alpha value is -1.12. The molecule has 0 heterocycles. The van der Waals surface area contributed by atoms with E-state index in [2.05, 4.69) is 24.3 Å². The number of methoxy groups -OCH3 is 1. The van der Waals surface area contributed by atoms with Crippen LogP contribution in [0, 0.1) is 0 Å². The predicted octanol–water partition coefficient (Wildman–Crippen LogP) is 2.11. The van der Waals surface area contributed by atoms with Crippen molar-refractivity contribution in [3.63, 3.8) is 0 Å². The maximum Gasteiger partial charge on any atom is 0.146 e. The molecule has 1 aliphatic rings. The minimum Gasteiger partial charge on any atom is -0.359 e. The van der Waals surface area contributed by atoms with Crippen LogP contribution in [0.4, 0.5) is 0 Å². The molecule has 14 heavy (non-hydrogen) atoms. The molecule has 0 radical (unpaired) electrons. The van der Waals surface area contributed by atoms with Gasteiger partial charge in [-0.05, 0) is 5.56 Å². The largest absolute Gasteiger partial charge is 0.359 e. The van der Waals surface area contributed by atoms with Crippen LogP contribution in [0.1, 0.15) is 5.56 Å². The van der Waals surface area contributed by atoms with Crippen molar-refractivity contribution in [3.8, 4) is 0 Å². The second-order valence-electron chi connectivity index (χ2n) is 3.49. The van der Waals surface area contributed by atoms with Crippen molar-refractivity contribution >= 4 is 0 Å². The summed E-state index contributed by atoms with van der Waals surface area (Å²) in [5.41, 5.74) is 1.33. The van der Waals surface area contributed by atoms with Gasteiger partial charge in [-0.3, -0.25) is 0 Å². The highest BCUT2D eigenvalue weighted by atomic mass is 16.7. The van der Waals surface area contributed by atoms with Crippen LogP contribution in [0.2, 0.25) is 0 Å². The van der Waals surface area contributed by atoms with Gasteiger partial charge in [0.2, 0.25) is 0 Å². The summed E-state index contributed by atoms with van der Waals surface area (Å²) in [7, 11) is 1.63. The summed E-state index contributed by atoms with van der Waals surface area (Å²) in [6.07, 6.45) is 4.33. The van der Waals surface area contributed by atoms with Crippen molar-refractivity contribution in [2.75, 3.05) is 20.5 Å². The molecular weight excluding hydrogens is 176 g/mol. The Morgan fingerprint density at radius 3 is 2.43 bits per heavy atom. The first-order valence-electron chi connectivity index (χ1n) is 4.70. The molecule has 0 amide bonds. The smallest absolute Gasteiger partial charge is 0.146 e. The van der Waals surface area contributed by atoms with Crippen molar-refractivity contribution in [3.05, 3.63) is 48.0 Å². The van der Waals surface area contributed by atoms with Crippen molar-refractivity contribution in [2.24, 2.45) is 0 Å². The number of hydrogen-bond acceptors (Lipinski definition) is 2. The van der Waals surface area contributed by atoms with E-state index in [9.17, 15) is 0 Å². The second-order valence-corrected chi connectivity index (χ2v) is 3.49. The zero-order chi connectivity index (χ0) is 9.86. The molecule has 0 saturated heterocycles. The van der Waals surface area contributed by atoms with Crippen molar-refractivity contribution < 1.29 is 9.47 Å². The first-order chi connectivity index (χ1) is 6.87. The van der Waals surface area contributed by atoms with Crippen LogP contribution >= 0.6 is 0 Å². The van der Waals surface area contributed by atoms with Gasteiger partial charge >= 0.3 is 0 Å². The molecule has 0 spiro atoms. The molecule has 0 fully saturated rings. The van der Waals surface area contributed by atoms with E-state index in [-0.39, 0.29) is 5.41 Å². The van der Waals surface area contributed by atoms with Gasteiger partial charge in [0.15, 0.2) is 0 Å². The summed E-state index contributed by atoms with van der Waals surface area (Å²) in [4.78, 5) is 0. The lowest BCUT2D eigenvalue weighted by molar-refractivity contribution is -0.0361. The summed E-state index contributed by atoms with van der Waals surface area (Å²) in [5, 5.41) is 0. The minimum atomic E-state index is 0.0415. The first kappa shape index (κ1) is 9.44. The number of benzene rings is 1. The van der Waals surface area contributed by atoms with E-state index in [1.54, 1.807) is 7.11 Å². The van der Waals surface area contributed by atoms with Gasteiger partial charge in [-0.15, -0.1) is 0 Å². The molecule has 0 N–H and O–H groups in total. The van der Waals surface area contributed by atoms with Crippen molar-refractivity contribution in [1.82, 2.24) is 0 Å². The van der Waals surface area contributed by atoms with Crippen LogP contribution in [0.3, 0.4) is 0 Å². The normalized spacial score (nSPS) is 16.9. The molecule has 2 rings (SSSR count). The number of rotatable bonds is 5. The first-order valence-corrected chi connectivity index (χ1v) is 4.70. The van der Waals surface area contributed by atoms with Crippen molar-refractivity contribution in [1.29, 1.82) is 0 Å². The summed E-state index contributed by atoms with van der Waals surface area (Å²) in [5.74, 6) is 0. The lowest BCUT2D eigenvalue weighted by Crippen LogP contribution is -2.17. The highest BCUT2D eigenvalue weighted by Crippen LogP contribution is 2.38. The summed E-state index contributed by atoms with van der Waals surface area (Å²) < 4.78 is 10.2. The van der Waals surface area contributed by atoms with E-state index in [1.807, 2.05) is 18.2 Å².